The maximum Gasteiger partial charge on any atom is 0.320 e. The molecule has 0 saturated carbocycles. The second-order valence-electron chi connectivity index (χ2n) is 3.26. The summed E-state index contributed by atoms with van der Waals surface area (Å²) in [6.07, 6.45) is 3.10. The van der Waals surface area contributed by atoms with Gasteiger partial charge in [-0.1, -0.05) is 0 Å². The highest BCUT2D eigenvalue weighted by molar-refractivity contribution is 7.89. The summed E-state index contributed by atoms with van der Waals surface area (Å²) >= 11 is 0. The average Bonchev–Trinajstić information content (AvgIpc) is 2.17. The van der Waals surface area contributed by atoms with Crippen LogP contribution in [0.15, 0.2) is 24.5 Å². The van der Waals surface area contributed by atoms with Crippen LogP contribution >= 0.6 is 0 Å². The van der Waals surface area contributed by atoms with Gasteiger partial charge in [0, 0.05) is 26.0 Å². The maximum atomic E-state index is 11.5. The lowest BCUT2D eigenvalue weighted by Gasteiger charge is -2.15. The van der Waals surface area contributed by atoms with Gasteiger partial charge in [-0.25, -0.2) is 12.7 Å². The van der Waals surface area contributed by atoms with E-state index < -0.39 is 21.7 Å². The average molecular weight is 244 g/mol. The number of aromatic nitrogens is 1. The summed E-state index contributed by atoms with van der Waals surface area (Å²) in [5, 5.41) is 8.45. The zero-order valence-electron chi connectivity index (χ0n) is 8.70. The van der Waals surface area contributed by atoms with Crippen LogP contribution in [0.5, 0.6) is 0 Å². The second-order valence-corrected chi connectivity index (χ2v) is 5.34. The number of nitrogens with zero attached hydrogens (tertiary/aromatic N) is 2. The Kier molecular flexibility index (Phi) is 3.97. The van der Waals surface area contributed by atoms with Crippen molar-refractivity contribution in [2.45, 2.75) is 6.54 Å². The zero-order valence-corrected chi connectivity index (χ0v) is 9.51. The van der Waals surface area contributed by atoms with Crippen LogP contribution < -0.4 is 0 Å². The number of carboxylic acid groups (broad SMARTS) is 1. The van der Waals surface area contributed by atoms with Crippen molar-refractivity contribution in [3.05, 3.63) is 30.1 Å². The van der Waals surface area contributed by atoms with Crippen LogP contribution in [-0.2, 0) is 21.4 Å². The lowest BCUT2D eigenvalue weighted by molar-refractivity contribution is -0.134. The van der Waals surface area contributed by atoms with Crippen molar-refractivity contribution in [2.24, 2.45) is 0 Å². The number of aliphatic carboxylic acids is 1. The smallest absolute Gasteiger partial charge is 0.320 e. The molecule has 0 aliphatic carbocycles. The Bertz CT molecular complexity index is 458. The molecule has 1 N–H and O–H groups in total. The molecule has 7 heteroatoms. The minimum atomic E-state index is -3.74. The van der Waals surface area contributed by atoms with Crippen molar-refractivity contribution < 1.29 is 18.3 Å². The highest BCUT2D eigenvalue weighted by Crippen LogP contribution is 2.06. The topological polar surface area (TPSA) is 87.6 Å². The normalized spacial score (nSPS) is 11.6. The molecule has 0 fully saturated rings. The molecule has 1 aromatic heterocycles. The van der Waals surface area contributed by atoms with Crippen LogP contribution in [0.4, 0.5) is 0 Å². The van der Waals surface area contributed by atoms with Gasteiger partial charge < -0.3 is 5.11 Å². The van der Waals surface area contributed by atoms with E-state index in [1.54, 1.807) is 24.5 Å². The van der Waals surface area contributed by atoms with Gasteiger partial charge in [-0.15, -0.1) is 0 Å². The lowest BCUT2D eigenvalue weighted by Crippen LogP contribution is -2.31. The summed E-state index contributed by atoms with van der Waals surface area (Å²) in [4.78, 5) is 14.2. The molecule has 1 rings (SSSR count). The van der Waals surface area contributed by atoms with Gasteiger partial charge in [0.2, 0.25) is 10.0 Å². The molecule has 0 aromatic carbocycles. The van der Waals surface area contributed by atoms with E-state index in [0.717, 1.165) is 9.87 Å². The Balaban J connectivity index is 2.72. The molecule has 0 unspecified atom stereocenters. The Morgan fingerprint density at radius 3 is 2.50 bits per heavy atom. The summed E-state index contributed by atoms with van der Waals surface area (Å²) < 4.78 is 24.0. The van der Waals surface area contributed by atoms with E-state index in [1.807, 2.05) is 0 Å². The van der Waals surface area contributed by atoms with Crippen LogP contribution in [0, 0.1) is 0 Å². The quantitative estimate of drug-likeness (QED) is 0.783. The van der Waals surface area contributed by atoms with Crippen molar-refractivity contribution in [1.29, 1.82) is 0 Å². The summed E-state index contributed by atoms with van der Waals surface area (Å²) in [6.45, 7) is 0.137. The van der Waals surface area contributed by atoms with Gasteiger partial charge in [0.05, 0.1) is 0 Å². The molecule has 0 bridgehead atoms. The molecule has 88 valence electrons. The van der Waals surface area contributed by atoms with Crippen LogP contribution in [0.2, 0.25) is 0 Å². The van der Waals surface area contributed by atoms with E-state index >= 15 is 0 Å². The summed E-state index contributed by atoms with van der Waals surface area (Å²) in [5.41, 5.74) is 0.756. The lowest BCUT2D eigenvalue weighted by atomic mass is 10.3. The molecular weight excluding hydrogens is 232 g/mol. The van der Waals surface area contributed by atoms with Gasteiger partial charge in [-0.05, 0) is 17.7 Å². The second kappa shape index (κ2) is 5.04. The fourth-order valence-corrected chi connectivity index (χ4v) is 1.99. The zero-order chi connectivity index (χ0) is 12.2. The highest BCUT2D eigenvalue weighted by atomic mass is 32.2. The van der Waals surface area contributed by atoms with Crippen LogP contribution in [0.3, 0.4) is 0 Å². The Labute approximate surface area is 93.6 Å². The van der Waals surface area contributed by atoms with Crippen molar-refractivity contribution in [1.82, 2.24) is 9.29 Å². The van der Waals surface area contributed by atoms with E-state index in [-0.39, 0.29) is 6.54 Å². The molecule has 0 aliphatic heterocycles. The van der Waals surface area contributed by atoms with E-state index in [9.17, 15) is 13.2 Å². The molecule has 1 aromatic rings. The first-order valence-electron chi connectivity index (χ1n) is 4.46. The third kappa shape index (κ3) is 3.59. The van der Waals surface area contributed by atoms with Gasteiger partial charge in [0.25, 0.3) is 0 Å². The largest absolute Gasteiger partial charge is 0.480 e. The minimum absolute atomic E-state index is 0.137. The summed E-state index contributed by atoms with van der Waals surface area (Å²) in [6, 6.07) is 3.35. The summed E-state index contributed by atoms with van der Waals surface area (Å²) in [7, 11) is -2.40. The van der Waals surface area contributed by atoms with E-state index in [0.29, 0.717) is 0 Å². The minimum Gasteiger partial charge on any atom is -0.480 e. The van der Waals surface area contributed by atoms with E-state index in [1.165, 1.54) is 7.05 Å². The van der Waals surface area contributed by atoms with E-state index in [4.69, 9.17) is 5.11 Å². The maximum absolute atomic E-state index is 11.5. The fraction of sp³-hybridized carbons (Fsp3) is 0.333. The number of carbonyl (C=O) groups is 1. The molecule has 1 heterocycles. The first-order valence-corrected chi connectivity index (χ1v) is 6.07. The first-order chi connectivity index (χ1) is 7.42. The number of hydrogen-bond donors (Lipinski definition) is 1. The molecule has 0 spiro atoms. The van der Waals surface area contributed by atoms with Crippen molar-refractivity contribution >= 4 is 16.0 Å². The van der Waals surface area contributed by atoms with Gasteiger partial charge in [-0.3, -0.25) is 9.78 Å². The van der Waals surface area contributed by atoms with Crippen molar-refractivity contribution in [2.75, 3.05) is 12.8 Å². The van der Waals surface area contributed by atoms with Crippen LogP contribution in [0.1, 0.15) is 5.56 Å². The van der Waals surface area contributed by atoms with Gasteiger partial charge >= 0.3 is 5.97 Å². The molecule has 0 saturated heterocycles. The van der Waals surface area contributed by atoms with Crippen LogP contribution in [-0.4, -0.2) is 41.6 Å². The third-order valence-electron chi connectivity index (χ3n) is 1.94. The van der Waals surface area contributed by atoms with Crippen LogP contribution in [0.25, 0.3) is 0 Å². The fourth-order valence-electron chi connectivity index (χ4n) is 1.11. The Morgan fingerprint density at radius 1 is 1.44 bits per heavy atom. The molecular formula is C9H12N2O4S. The monoisotopic (exact) mass is 244 g/mol. The number of hydrogen-bond acceptors (Lipinski definition) is 4. The first kappa shape index (κ1) is 12.6. The third-order valence-corrected chi connectivity index (χ3v) is 3.63. The standard InChI is InChI=1S/C9H12N2O4S/c1-11(16(14,15)7-9(12)13)6-8-2-4-10-5-3-8/h2-5H,6-7H2,1H3,(H,12,13). The molecule has 0 aliphatic rings. The molecule has 0 amide bonds. The molecule has 16 heavy (non-hydrogen) atoms. The number of carboxylic acids is 1. The number of pyridine rings is 1. The van der Waals surface area contributed by atoms with Crippen molar-refractivity contribution in [3.8, 4) is 0 Å². The Hall–Kier alpha value is -1.47. The molecule has 0 atom stereocenters. The van der Waals surface area contributed by atoms with Crippen molar-refractivity contribution in [3.63, 3.8) is 0 Å². The summed E-state index contributed by atoms with van der Waals surface area (Å²) in [5.74, 6) is -2.25. The highest BCUT2D eigenvalue weighted by Gasteiger charge is 2.21. The number of rotatable bonds is 5. The van der Waals surface area contributed by atoms with Gasteiger partial charge in [-0.2, -0.15) is 0 Å². The predicted molar refractivity (Wildman–Crippen MR) is 57.1 cm³/mol. The van der Waals surface area contributed by atoms with E-state index in [2.05, 4.69) is 4.98 Å². The predicted octanol–water partition coefficient (Wildman–Crippen LogP) is -0.0722. The Morgan fingerprint density at radius 2 is 2.00 bits per heavy atom. The van der Waals surface area contributed by atoms with Gasteiger partial charge in [0.15, 0.2) is 5.75 Å². The SMILES string of the molecule is CN(Cc1ccncc1)S(=O)(=O)CC(=O)O. The molecule has 0 radical (unpaired) electrons. The van der Waals surface area contributed by atoms with Gasteiger partial charge in [0.1, 0.15) is 0 Å². The number of sulfonamides is 1. The molecule has 6 nitrogen and oxygen atoms in total.